The van der Waals surface area contributed by atoms with Gasteiger partial charge in [0.15, 0.2) is 0 Å². The van der Waals surface area contributed by atoms with Gasteiger partial charge in [0.1, 0.15) is 6.23 Å². The van der Waals surface area contributed by atoms with Crippen LogP contribution in [-0.4, -0.2) is 24.2 Å². The van der Waals surface area contributed by atoms with Gasteiger partial charge in [-0.15, -0.1) is 0 Å². The average Bonchev–Trinajstić information content (AvgIpc) is 2.15. The van der Waals surface area contributed by atoms with Crippen molar-refractivity contribution in [2.45, 2.75) is 51.7 Å². The predicted molar refractivity (Wildman–Crippen MR) is 49.4 cm³/mol. The quantitative estimate of drug-likeness (QED) is 0.635. The molecule has 0 saturated carbocycles. The monoisotopic (exact) mass is 170 g/mol. The molecule has 1 aliphatic heterocycles. The molecular formula is C10H20NO. The summed E-state index contributed by atoms with van der Waals surface area (Å²) in [6.07, 6.45) is 6.44. The second kappa shape index (κ2) is 5.55. The maximum absolute atomic E-state index is 11.6. The molecule has 71 valence electrons. The first kappa shape index (κ1) is 10.0. The summed E-state index contributed by atoms with van der Waals surface area (Å²) < 4.78 is 0. The molecule has 0 N–H and O–H groups in total. The molecule has 1 fully saturated rings. The molecule has 0 amide bonds. The number of hydrogen-bond acceptors (Lipinski definition) is 1. The van der Waals surface area contributed by atoms with E-state index in [0.717, 1.165) is 32.4 Å². The minimum absolute atomic E-state index is 0.412. The Morgan fingerprint density at radius 2 is 1.92 bits per heavy atom. The summed E-state index contributed by atoms with van der Waals surface area (Å²) in [6.45, 7) is 4.22. The first-order valence-corrected chi connectivity index (χ1v) is 5.24. The summed E-state index contributed by atoms with van der Waals surface area (Å²) in [4.78, 5) is 2.11. The number of unbranched alkanes of at least 4 members (excludes halogenated alkanes) is 1. The third kappa shape index (κ3) is 3.11. The van der Waals surface area contributed by atoms with Gasteiger partial charge in [-0.2, -0.15) is 0 Å². The Labute approximate surface area is 75.6 Å². The molecule has 2 heteroatoms. The van der Waals surface area contributed by atoms with Crippen LogP contribution in [0.25, 0.3) is 0 Å². The van der Waals surface area contributed by atoms with Crippen LogP contribution in [0.2, 0.25) is 0 Å². The Kier molecular flexibility index (Phi) is 4.62. The van der Waals surface area contributed by atoms with E-state index in [2.05, 4.69) is 11.8 Å². The number of piperidine rings is 1. The van der Waals surface area contributed by atoms with Crippen molar-refractivity contribution in [1.82, 2.24) is 4.90 Å². The molecule has 1 unspecified atom stereocenters. The summed E-state index contributed by atoms with van der Waals surface area (Å²) in [5.74, 6) is 0. The fourth-order valence-electron chi connectivity index (χ4n) is 1.77. The van der Waals surface area contributed by atoms with Crippen LogP contribution >= 0.6 is 0 Å². The predicted octanol–water partition coefficient (Wildman–Crippen LogP) is 2.42. The SMILES string of the molecule is CCCCC([O])N1CCCCC1. The fraction of sp³-hybridized carbons (Fsp3) is 1.00. The maximum Gasteiger partial charge on any atom is 0.146 e. The fourth-order valence-corrected chi connectivity index (χ4v) is 1.77. The van der Waals surface area contributed by atoms with Crippen LogP contribution in [0.1, 0.15) is 45.4 Å². The molecule has 1 atom stereocenters. The minimum atomic E-state index is -0.412. The third-order valence-corrected chi connectivity index (χ3v) is 2.60. The van der Waals surface area contributed by atoms with E-state index in [9.17, 15) is 5.11 Å². The van der Waals surface area contributed by atoms with Crippen LogP contribution in [0.15, 0.2) is 0 Å². The van der Waals surface area contributed by atoms with Crippen molar-refractivity contribution in [2.24, 2.45) is 0 Å². The Hall–Kier alpha value is -0.0800. The van der Waals surface area contributed by atoms with Gasteiger partial charge < -0.3 is 0 Å². The van der Waals surface area contributed by atoms with Gasteiger partial charge in [-0.3, -0.25) is 4.90 Å². The van der Waals surface area contributed by atoms with Crippen LogP contribution in [-0.2, 0) is 5.11 Å². The standard InChI is InChI=1S/C10H20NO/c1-2-3-7-10(12)11-8-5-4-6-9-11/h10H,2-9H2,1H3. The van der Waals surface area contributed by atoms with Gasteiger partial charge in [-0.05, 0) is 25.7 Å². The van der Waals surface area contributed by atoms with Gasteiger partial charge >= 0.3 is 0 Å². The van der Waals surface area contributed by atoms with Crippen LogP contribution < -0.4 is 0 Å². The summed E-state index contributed by atoms with van der Waals surface area (Å²) in [5, 5.41) is 11.6. The van der Waals surface area contributed by atoms with E-state index >= 15 is 0 Å². The van der Waals surface area contributed by atoms with E-state index in [0.29, 0.717) is 0 Å². The molecule has 0 aromatic carbocycles. The average molecular weight is 170 g/mol. The highest BCUT2D eigenvalue weighted by molar-refractivity contribution is 4.66. The first-order valence-electron chi connectivity index (χ1n) is 5.24. The number of nitrogens with zero attached hydrogens (tertiary/aromatic N) is 1. The highest BCUT2D eigenvalue weighted by atomic mass is 16.3. The van der Waals surface area contributed by atoms with Crippen molar-refractivity contribution in [3.05, 3.63) is 0 Å². The van der Waals surface area contributed by atoms with Crippen LogP contribution in [0.5, 0.6) is 0 Å². The number of rotatable bonds is 4. The van der Waals surface area contributed by atoms with Gasteiger partial charge in [0.05, 0.1) is 0 Å². The molecule has 1 radical (unpaired) electrons. The molecular weight excluding hydrogens is 150 g/mol. The zero-order valence-electron chi connectivity index (χ0n) is 8.09. The third-order valence-electron chi connectivity index (χ3n) is 2.60. The van der Waals surface area contributed by atoms with Crippen molar-refractivity contribution in [2.75, 3.05) is 13.1 Å². The lowest BCUT2D eigenvalue weighted by Gasteiger charge is -2.29. The molecule has 0 aromatic rings. The van der Waals surface area contributed by atoms with Crippen molar-refractivity contribution in [1.29, 1.82) is 0 Å². The summed E-state index contributed by atoms with van der Waals surface area (Å²) in [5.41, 5.74) is 0. The second-order valence-corrected chi connectivity index (χ2v) is 3.69. The Morgan fingerprint density at radius 1 is 1.25 bits per heavy atom. The molecule has 0 spiro atoms. The summed E-state index contributed by atoms with van der Waals surface area (Å²) >= 11 is 0. The van der Waals surface area contributed by atoms with Crippen molar-refractivity contribution < 1.29 is 5.11 Å². The number of likely N-dealkylation sites (tertiary alicyclic amines) is 1. The maximum atomic E-state index is 11.6. The highest BCUT2D eigenvalue weighted by Crippen LogP contribution is 2.14. The van der Waals surface area contributed by atoms with E-state index in [-0.39, 0.29) is 0 Å². The molecule has 1 rings (SSSR count). The van der Waals surface area contributed by atoms with E-state index in [4.69, 9.17) is 0 Å². The molecule has 12 heavy (non-hydrogen) atoms. The molecule has 1 heterocycles. The molecule has 1 saturated heterocycles. The lowest BCUT2D eigenvalue weighted by Crippen LogP contribution is -2.38. The van der Waals surface area contributed by atoms with Gasteiger partial charge in [-0.25, -0.2) is 5.11 Å². The topological polar surface area (TPSA) is 23.1 Å². The molecule has 0 aromatic heterocycles. The summed E-state index contributed by atoms with van der Waals surface area (Å²) in [7, 11) is 0. The Morgan fingerprint density at radius 3 is 2.50 bits per heavy atom. The van der Waals surface area contributed by atoms with E-state index in [1.54, 1.807) is 0 Å². The minimum Gasteiger partial charge on any atom is -0.276 e. The zero-order chi connectivity index (χ0) is 8.81. The Bertz CT molecular complexity index is 110. The normalized spacial score (nSPS) is 22.5. The van der Waals surface area contributed by atoms with Crippen LogP contribution in [0, 0.1) is 0 Å². The van der Waals surface area contributed by atoms with Crippen molar-refractivity contribution in [3.63, 3.8) is 0 Å². The second-order valence-electron chi connectivity index (χ2n) is 3.69. The van der Waals surface area contributed by atoms with E-state index in [1.165, 1.54) is 19.3 Å². The van der Waals surface area contributed by atoms with E-state index < -0.39 is 6.23 Å². The van der Waals surface area contributed by atoms with Gasteiger partial charge in [0.25, 0.3) is 0 Å². The van der Waals surface area contributed by atoms with Crippen molar-refractivity contribution in [3.8, 4) is 0 Å². The van der Waals surface area contributed by atoms with Crippen molar-refractivity contribution >= 4 is 0 Å². The molecule has 0 aliphatic carbocycles. The lowest BCUT2D eigenvalue weighted by atomic mass is 10.1. The van der Waals surface area contributed by atoms with E-state index in [1.807, 2.05) is 0 Å². The van der Waals surface area contributed by atoms with Crippen LogP contribution in [0.3, 0.4) is 0 Å². The number of hydrogen-bond donors (Lipinski definition) is 0. The smallest absolute Gasteiger partial charge is 0.146 e. The molecule has 2 nitrogen and oxygen atoms in total. The summed E-state index contributed by atoms with van der Waals surface area (Å²) in [6, 6.07) is 0. The molecule has 0 bridgehead atoms. The zero-order valence-corrected chi connectivity index (χ0v) is 8.09. The first-order chi connectivity index (χ1) is 5.84. The Balaban J connectivity index is 2.15. The highest BCUT2D eigenvalue weighted by Gasteiger charge is 2.18. The van der Waals surface area contributed by atoms with Gasteiger partial charge in [0.2, 0.25) is 0 Å². The van der Waals surface area contributed by atoms with Crippen LogP contribution in [0.4, 0.5) is 0 Å². The lowest BCUT2D eigenvalue weighted by molar-refractivity contribution is -0.0626. The molecule has 1 aliphatic rings. The van der Waals surface area contributed by atoms with Gasteiger partial charge in [-0.1, -0.05) is 19.8 Å². The van der Waals surface area contributed by atoms with Gasteiger partial charge in [0, 0.05) is 13.1 Å². The largest absolute Gasteiger partial charge is 0.276 e.